The second-order valence-electron chi connectivity index (χ2n) is 5.57. The molecule has 2 heterocycles. The number of morpholine rings is 1. The van der Waals surface area contributed by atoms with E-state index in [1.165, 1.54) is 7.05 Å². The molecule has 0 radical (unpaired) electrons. The van der Waals surface area contributed by atoms with Crippen LogP contribution in [0.15, 0.2) is 18.2 Å². The third-order valence-corrected chi connectivity index (χ3v) is 3.97. The number of nitrogens with one attached hydrogen (secondary N) is 1. The molecule has 2 amide bonds. The van der Waals surface area contributed by atoms with Crippen molar-refractivity contribution in [3.8, 4) is 0 Å². The summed E-state index contributed by atoms with van der Waals surface area (Å²) in [5.41, 5.74) is 1.78. The molecule has 0 saturated carbocycles. The Labute approximate surface area is 123 Å². The molecule has 1 aromatic carbocycles. The number of amides is 2. The van der Waals surface area contributed by atoms with Crippen LogP contribution in [-0.2, 0) is 4.74 Å². The summed E-state index contributed by atoms with van der Waals surface area (Å²) in [4.78, 5) is 27.2. The van der Waals surface area contributed by atoms with Gasteiger partial charge in [0.25, 0.3) is 11.8 Å². The quantitative estimate of drug-likeness (QED) is 0.828. The summed E-state index contributed by atoms with van der Waals surface area (Å²) < 4.78 is 5.68. The first-order valence-corrected chi connectivity index (χ1v) is 7.06. The maximum Gasteiger partial charge on any atom is 0.261 e. The van der Waals surface area contributed by atoms with Gasteiger partial charge in [-0.25, -0.2) is 0 Å². The van der Waals surface area contributed by atoms with E-state index in [9.17, 15) is 9.59 Å². The fraction of sp³-hybridized carbons (Fsp3) is 0.467. The summed E-state index contributed by atoms with van der Waals surface area (Å²) in [6.45, 7) is 3.27. The predicted molar refractivity (Wildman–Crippen MR) is 78.6 cm³/mol. The van der Waals surface area contributed by atoms with Gasteiger partial charge in [0, 0.05) is 32.4 Å². The van der Waals surface area contributed by atoms with E-state index in [1.54, 1.807) is 12.1 Å². The lowest BCUT2D eigenvalue weighted by molar-refractivity contribution is -0.0117. The van der Waals surface area contributed by atoms with Crippen LogP contribution >= 0.6 is 0 Å². The summed E-state index contributed by atoms with van der Waals surface area (Å²) in [5.74, 6) is -0.480. The van der Waals surface area contributed by atoms with E-state index in [1.807, 2.05) is 6.07 Å². The van der Waals surface area contributed by atoms with Crippen LogP contribution in [0.1, 0.15) is 20.7 Å². The molecule has 0 aliphatic carbocycles. The van der Waals surface area contributed by atoms with Crippen LogP contribution in [0.5, 0.6) is 0 Å². The summed E-state index contributed by atoms with van der Waals surface area (Å²) >= 11 is 0. The molecule has 1 N–H and O–H groups in total. The maximum atomic E-state index is 12.0. The third-order valence-electron chi connectivity index (χ3n) is 3.97. The Morgan fingerprint density at radius 1 is 1.24 bits per heavy atom. The number of likely N-dealkylation sites (N-methyl/N-ethyl adjacent to an activating group) is 1. The number of rotatable bonds is 3. The second-order valence-corrected chi connectivity index (χ2v) is 5.57. The number of fused-ring (bicyclic) bond motifs is 1. The van der Waals surface area contributed by atoms with E-state index in [2.05, 4.69) is 17.3 Å². The zero-order valence-electron chi connectivity index (χ0n) is 12.3. The first kappa shape index (κ1) is 14.0. The number of carbonyl (C=O) groups excluding carboxylic acids is 2. The van der Waals surface area contributed by atoms with Gasteiger partial charge in [0.2, 0.25) is 0 Å². The number of imide groups is 1. The molecule has 1 atom stereocenters. The zero-order valence-corrected chi connectivity index (χ0v) is 12.3. The average Bonchev–Trinajstić information content (AvgIpc) is 2.70. The van der Waals surface area contributed by atoms with Gasteiger partial charge in [-0.15, -0.1) is 0 Å². The van der Waals surface area contributed by atoms with Gasteiger partial charge in [-0.1, -0.05) is 0 Å². The number of anilines is 1. The van der Waals surface area contributed by atoms with E-state index in [0.717, 1.165) is 30.3 Å². The van der Waals surface area contributed by atoms with Crippen molar-refractivity contribution in [1.29, 1.82) is 0 Å². The first-order chi connectivity index (χ1) is 10.1. The minimum Gasteiger partial charge on any atom is -0.382 e. The molecule has 1 aromatic rings. The average molecular weight is 289 g/mol. The van der Waals surface area contributed by atoms with Crippen LogP contribution in [0, 0.1) is 0 Å². The van der Waals surface area contributed by atoms with Gasteiger partial charge in [0.1, 0.15) is 0 Å². The number of hydrogen-bond acceptors (Lipinski definition) is 5. The topological polar surface area (TPSA) is 61.9 Å². The van der Waals surface area contributed by atoms with Crippen LogP contribution in [0.25, 0.3) is 0 Å². The third kappa shape index (κ3) is 2.64. The Morgan fingerprint density at radius 3 is 2.76 bits per heavy atom. The molecule has 0 bridgehead atoms. The number of benzene rings is 1. The molecular weight excluding hydrogens is 270 g/mol. The SMILES string of the molecule is CN1CCOC(CNc2ccc3c(c2)C(=O)N(C)C3=O)C1. The van der Waals surface area contributed by atoms with E-state index in [4.69, 9.17) is 4.74 Å². The van der Waals surface area contributed by atoms with Crippen molar-refractivity contribution in [3.05, 3.63) is 29.3 Å². The Hall–Kier alpha value is -1.92. The Balaban J connectivity index is 1.68. The lowest BCUT2D eigenvalue weighted by atomic mass is 10.1. The molecule has 0 aromatic heterocycles. The molecular formula is C15H19N3O3. The lowest BCUT2D eigenvalue weighted by Gasteiger charge is -2.30. The number of nitrogens with zero attached hydrogens (tertiary/aromatic N) is 2. The van der Waals surface area contributed by atoms with E-state index < -0.39 is 0 Å². The molecule has 1 saturated heterocycles. The number of hydrogen-bond donors (Lipinski definition) is 1. The van der Waals surface area contributed by atoms with Crippen LogP contribution in [-0.4, -0.2) is 68.1 Å². The van der Waals surface area contributed by atoms with Gasteiger partial charge in [0.15, 0.2) is 0 Å². The minimum atomic E-state index is -0.243. The van der Waals surface area contributed by atoms with Crippen molar-refractivity contribution >= 4 is 17.5 Å². The van der Waals surface area contributed by atoms with Crippen molar-refractivity contribution < 1.29 is 14.3 Å². The predicted octanol–water partition coefficient (Wildman–Crippen LogP) is 0.655. The lowest BCUT2D eigenvalue weighted by Crippen LogP contribution is -2.43. The van der Waals surface area contributed by atoms with Crippen molar-refractivity contribution in [1.82, 2.24) is 9.80 Å². The fourth-order valence-corrected chi connectivity index (χ4v) is 2.69. The van der Waals surface area contributed by atoms with E-state index in [0.29, 0.717) is 17.7 Å². The Morgan fingerprint density at radius 2 is 2.00 bits per heavy atom. The first-order valence-electron chi connectivity index (χ1n) is 7.06. The smallest absolute Gasteiger partial charge is 0.261 e. The van der Waals surface area contributed by atoms with E-state index in [-0.39, 0.29) is 17.9 Å². The monoisotopic (exact) mass is 289 g/mol. The minimum absolute atomic E-state index is 0.136. The number of ether oxygens (including phenoxy) is 1. The van der Waals surface area contributed by atoms with Gasteiger partial charge in [-0.05, 0) is 25.2 Å². The van der Waals surface area contributed by atoms with Crippen molar-refractivity contribution in [3.63, 3.8) is 0 Å². The zero-order chi connectivity index (χ0) is 15.0. The largest absolute Gasteiger partial charge is 0.382 e. The van der Waals surface area contributed by atoms with Gasteiger partial charge in [-0.2, -0.15) is 0 Å². The Bertz CT molecular complexity index is 588. The highest BCUT2D eigenvalue weighted by Gasteiger charge is 2.32. The van der Waals surface area contributed by atoms with Crippen molar-refractivity contribution in [2.45, 2.75) is 6.10 Å². The summed E-state index contributed by atoms with van der Waals surface area (Å²) in [6, 6.07) is 5.27. The maximum absolute atomic E-state index is 12.0. The van der Waals surface area contributed by atoms with Gasteiger partial charge in [0.05, 0.1) is 23.8 Å². The molecule has 6 heteroatoms. The van der Waals surface area contributed by atoms with Crippen molar-refractivity contribution in [2.24, 2.45) is 0 Å². The number of carbonyl (C=O) groups is 2. The summed E-state index contributed by atoms with van der Waals surface area (Å²) in [7, 11) is 3.58. The molecule has 3 rings (SSSR count). The Kier molecular flexibility index (Phi) is 3.65. The fourth-order valence-electron chi connectivity index (χ4n) is 2.69. The van der Waals surface area contributed by atoms with Gasteiger partial charge in [-0.3, -0.25) is 14.5 Å². The molecule has 2 aliphatic rings. The summed E-state index contributed by atoms with van der Waals surface area (Å²) in [5, 5.41) is 3.28. The highest BCUT2D eigenvalue weighted by Crippen LogP contribution is 2.24. The van der Waals surface area contributed by atoms with Crippen LogP contribution in [0.4, 0.5) is 5.69 Å². The second kappa shape index (κ2) is 5.46. The van der Waals surface area contributed by atoms with Crippen LogP contribution in [0.2, 0.25) is 0 Å². The van der Waals surface area contributed by atoms with E-state index >= 15 is 0 Å². The van der Waals surface area contributed by atoms with Crippen LogP contribution in [0.3, 0.4) is 0 Å². The summed E-state index contributed by atoms with van der Waals surface area (Å²) in [6.07, 6.45) is 0.136. The van der Waals surface area contributed by atoms with Crippen LogP contribution < -0.4 is 5.32 Å². The van der Waals surface area contributed by atoms with Gasteiger partial charge < -0.3 is 15.0 Å². The molecule has 112 valence electrons. The molecule has 21 heavy (non-hydrogen) atoms. The van der Waals surface area contributed by atoms with Gasteiger partial charge >= 0.3 is 0 Å². The molecule has 2 aliphatic heterocycles. The standard InChI is InChI=1S/C15H19N3O3/c1-17-5-6-21-11(9-17)8-16-10-3-4-12-13(7-10)15(20)18(2)14(12)19/h3-4,7,11,16H,5-6,8-9H2,1-2H3. The normalized spacial score (nSPS) is 22.6. The molecule has 6 nitrogen and oxygen atoms in total. The highest BCUT2D eigenvalue weighted by molar-refractivity contribution is 6.21. The molecule has 0 spiro atoms. The van der Waals surface area contributed by atoms with Crippen molar-refractivity contribution in [2.75, 3.05) is 45.7 Å². The molecule has 1 fully saturated rings. The molecule has 1 unspecified atom stereocenters. The highest BCUT2D eigenvalue weighted by atomic mass is 16.5.